The van der Waals surface area contributed by atoms with Crippen molar-refractivity contribution in [3.63, 3.8) is 0 Å². The SMILES string of the molecule is O=C(CC1(CC(=O)Nc2cc(F)c(Oc3ccnc(NC(=O)N4CC[C@H](O)C4)c3)cc2F)CC1)Nc1ccc(F)cc1. The molecule has 1 atom stereocenters. The first-order chi connectivity index (χ1) is 20.1. The van der Waals surface area contributed by atoms with E-state index in [9.17, 15) is 32.7 Å². The van der Waals surface area contributed by atoms with Crippen molar-refractivity contribution >= 4 is 35.0 Å². The predicted molar refractivity (Wildman–Crippen MR) is 146 cm³/mol. The second-order valence-electron chi connectivity index (χ2n) is 10.5. The molecule has 2 aromatic carbocycles. The van der Waals surface area contributed by atoms with Crippen LogP contribution >= 0.6 is 0 Å². The molecule has 0 unspecified atom stereocenters. The van der Waals surface area contributed by atoms with Gasteiger partial charge in [-0.05, 0) is 55.0 Å². The Bertz CT molecular complexity index is 1500. The first kappa shape index (κ1) is 28.9. The molecule has 1 saturated heterocycles. The van der Waals surface area contributed by atoms with Gasteiger partial charge in [-0.15, -0.1) is 0 Å². The lowest BCUT2D eigenvalue weighted by Crippen LogP contribution is -2.33. The number of rotatable bonds is 9. The molecule has 1 aromatic heterocycles. The number of hydrogen-bond donors (Lipinski definition) is 4. The Labute approximate surface area is 238 Å². The van der Waals surface area contributed by atoms with Gasteiger partial charge >= 0.3 is 6.03 Å². The number of aliphatic hydroxyl groups is 1. The summed E-state index contributed by atoms with van der Waals surface area (Å²) in [4.78, 5) is 42.9. The zero-order chi connectivity index (χ0) is 29.9. The number of halogens is 3. The van der Waals surface area contributed by atoms with Gasteiger partial charge in [0.1, 0.15) is 17.4 Å². The van der Waals surface area contributed by atoms with Crippen molar-refractivity contribution in [2.24, 2.45) is 5.41 Å². The molecule has 0 radical (unpaired) electrons. The van der Waals surface area contributed by atoms with Crippen LogP contribution in [-0.4, -0.2) is 52.0 Å². The van der Waals surface area contributed by atoms with E-state index in [4.69, 9.17) is 4.74 Å². The lowest BCUT2D eigenvalue weighted by Gasteiger charge is -2.16. The Balaban J connectivity index is 1.16. The largest absolute Gasteiger partial charge is 0.454 e. The van der Waals surface area contributed by atoms with E-state index in [0.29, 0.717) is 31.5 Å². The van der Waals surface area contributed by atoms with Gasteiger partial charge in [0.15, 0.2) is 17.4 Å². The summed E-state index contributed by atoms with van der Waals surface area (Å²) in [5.74, 6) is -3.48. The fourth-order valence-corrected chi connectivity index (χ4v) is 4.69. The number of urea groups is 1. The van der Waals surface area contributed by atoms with Crippen LogP contribution in [-0.2, 0) is 9.59 Å². The maximum atomic E-state index is 14.8. The Kier molecular flexibility index (Phi) is 8.29. The summed E-state index contributed by atoms with van der Waals surface area (Å²) in [6.07, 6.45) is 2.44. The number of aliphatic hydroxyl groups excluding tert-OH is 1. The van der Waals surface area contributed by atoms with E-state index in [1.54, 1.807) is 0 Å². The van der Waals surface area contributed by atoms with Gasteiger partial charge in [-0.25, -0.2) is 22.9 Å². The van der Waals surface area contributed by atoms with Crippen molar-refractivity contribution in [2.45, 2.75) is 38.2 Å². The molecule has 0 bridgehead atoms. The molecular weight excluding hydrogens is 555 g/mol. The molecule has 1 aliphatic heterocycles. The van der Waals surface area contributed by atoms with Crippen molar-refractivity contribution in [1.82, 2.24) is 9.88 Å². The van der Waals surface area contributed by atoms with Crippen LogP contribution in [0.5, 0.6) is 11.5 Å². The summed E-state index contributed by atoms with van der Waals surface area (Å²) in [5, 5.41) is 17.2. The molecule has 0 spiro atoms. The number of pyridine rings is 1. The highest BCUT2D eigenvalue weighted by Crippen LogP contribution is 2.52. The fraction of sp³-hybridized carbons (Fsp3) is 0.310. The topological polar surface area (TPSA) is 133 Å². The van der Waals surface area contributed by atoms with Gasteiger partial charge in [-0.2, -0.15) is 0 Å². The smallest absolute Gasteiger partial charge is 0.323 e. The molecule has 220 valence electrons. The Morgan fingerprint density at radius 2 is 1.67 bits per heavy atom. The van der Waals surface area contributed by atoms with Crippen molar-refractivity contribution in [2.75, 3.05) is 29.0 Å². The van der Waals surface area contributed by atoms with E-state index < -0.39 is 46.7 Å². The first-order valence-electron chi connectivity index (χ1n) is 13.3. The number of β-amino-alcohol motifs (C(OH)–C–C–N with tert-alkyl or cyclic N) is 1. The van der Waals surface area contributed by atoms with E-state index in [1.165, 1.54) is 47.5 Å². The number of aromatic nitrogens is 1. The Hall–Kier alpha value is -4.65. The van der Waals surface area contributed by atoms with Crippen molar-refractivity contribution in [1.29, 1.82) is 0 Å². The van der Waals surface area contributed by atoms with Crippen LogP contribution in [0.1, 0.15) is 32.1 Å². The first-order valence-corrected chi connectivity index (χ1v) is 13.3. The summed E-state index contributed by atoms with van der Waals surface area (Å²) in [5.41, 5.74) is -0.543. The third kappa shape index (κ3) is 7.35. The van der Waals surface area contributed by atoms with Crippen LogP contribution in [0, 0.1) is 22.9 Å². The van der Waals surface area contributed by atoms with Gasteiger partial charge in [0.25, 0.3) is 0 Å². The van der Waals surface area contributed by atoms with Gasteiger partial charge in [-0.1, -0.05) is 0 Å². The highest BCUT2D eigenvalue weighted by atomic mass is 19.1. The monoisotopic (exact) mass is 583 g/mol. The third-order valence-corrected chi connectivity index (χ3v) is 7.10. The summed E-state index contributed by atoms with van der Waals surface area (Å²) in [7, 11) is 0. The van der Waals surface area contributed by atoms with Crippen LogP contribution < -0.4 is 20.7 Å². The number of benzene rings is 2. The molecule has 1 saturated carbocycles. The molecule has 2 fully saturated rings. The van der Waals surface area contributed by atoms with E-state index in [-0.39, 0.29) is 42.5 Å². The fourth-order valence-electron chi connectivity index (χ4n) is 4.69. The number of ether oxygens (including phenoxy) is 1. The van der Waals surface area contributed by atoms with E-state index in [2.05, 4.69) is 20.9 Å². The predicted octanol–water partition coefficient (Wildman–Crippen LogP) is 5.03. The normalized spacial score (nSPS) is 17.0. The summed E-state index contributed by atoms with van der Waals surface area (Å²) < 4.78 is 48.2. The van der Waals surface area contributed by atoms with Crippen molar-refractivity contribution < 1.29 is 37.4 Å². The molecule has 2 aliphatic rings. The Morgan fingerprint density at radius 3 is 2.33 bits per heavy atom. The summed E-state index contributed by atoms with van der Waals surface area (Å²) >= 11 is 0. The number of carbonyl (C=O) groups is 3. The maximum absolute atomic E-state index is 14.8. The van der Waals surface area contributed by atoms with E-state index >= 15 is 0 Å². The number of amides is 4. The minimum absolute atomic E-state index is 0.0514. The highest BCUT2D eigenvalue weighted by molar-refractivity contribution is 5.94. The number of likely N-dealkylation sites (tertiary alicyclic amines) is 1. The lowest BCUT2D eigenvalue weighted by atomic mass is 9.97. The van der Waals surface area contributed by atoms with E-state index in [1.807, 2.05) is 0 Å². The highest BCUT2D eigenvalue weighted by Gasteiger charge is 2.46. The van der Waals surface area contributed by atoms with Gasteiger partial charge < -0.3 is 25.4 Å². The second kappa shape index (κ2) is 12.1. The zero-order valence-electron chi connectivity index (χ0n) is 22.3. The minimum atomic E-state index is -0.944. The summed E-state index contributed by atoms with van der Waals surface area (Å²) in [6.45, 7) is 0.591. The number of nitrogens with one attached hydrogen (secondary N) is 3. The lowest BCUT2D eigenvalue weighted by molar-refractivity contribution is -0.119. The average molecular weight is 584 g/mol. The zero-order valence-corrected chi connectivity index (χ0v) is 22.3. The molecule has 3 aromatic rings. The van der Waals surface area contributed by atoms with Crippen LogP contribution in [0.25, 0.3) is 0 Å². The minimum Gasteiger partial charge on any atom is -0.454 e. The van der Waals surface area contributed by atoms with Crippen LogP contribution in [0.4, 0.5) is 35.2 Å². The third-order valence-electron chi connectivity index (χ3n) is 7.10. The molecule has 42 heavy (non-hydrogen) atoms. The molecule has 5 rings (SSSR count). The van der Waals surface area contributed by atoms with Crippen LogP contribution in [0.2, 0.25) is 0 Å². The quantitative estimate of drug-likeness (QED) is 0.280. The molecule has 13 heteroatoms. The van der Waals surface area contributed by atoms with Crippen LogP contribution in [0.15, 0.2) is 54.7 Å². The van der Waals surface area contributed by atoms with Gasteiger partial charge in [0, 0.05) is 56.0 Å². The summed E-state index contributed by atoms with van der Waals surface area (Å²) in [6, 6.07) is 9.15. The second-order valence-corrected chi connectivity index (χ2v) is 10.5. The molecule has 2 heterocycles. The molecular formula is C29H28F3N5O5. The van der Waals surface area contributed by atoms with Crippen LogP contribution in [0.3, 0.4) is 0 Å². The maximum Gasteiger partial charge on any atom is 0.323 e. The van der Waals surface area contributed by atoms with Gasteiger partial charge in [0.2, 0.25) is 11.8 Å². The molecule has 4 N–H and O–H groups in total. The molecule has 4 amide bonds. The molecule has 10 nitrogen and oxygen atoms in total. The Morgan fingerprint density at radius 1 is 0.952 bits per heavy atom. The number of hydrogen-bond acceptors (Lipinski definition) is 6. The average Bonchev–Trinajstić information content (AvgIpc) is 3.53. The van der Waals surface area contributed by atoms with Gasteiger partial charge in [-0.3, -0.25) is 14.9 Å². The van der Waals surface area contributed by atoms with Crippen molar-refractivity contribution in [3.8, 4) is 11.5 Å². The standard InChI is InChI=1S/C29H28F3N5O5/c30-17-1-3-18(4-2-17)34-26(39)14-29(7-8-29)15-27(40)35-23-12-22(32)24(13-21(23)31)42-20-5-9-33-25(11-20)36-28(41)37-10-6-19(38)16-37/h1-5,9,11-13,19,38H,6-8,10,14-16H2,(H,34,39)(H,35,40)(H,33,36,41)/t19-/m0/s1. The number of nitrogens with zero attached hydrogens (tertiary/aromatic N) is 2. The number of anilines is 3. The van der Waals surface area contributed by atoms with Gasteiger partial charge in [0.05, 0.1) is 11.8 Å². The van der Waals surface area contributed by atoms with Crippen molar-refractivity contribution in [3.05, 3.63) is 72.2 Å². The molecule has 1 aliphatic carbocycles. The van der Waals surface area contributed by atoms with E-state index in [0.717, 1.165) is 12.1 Å². The number of carbonyl (C=O) groups excluding carboxylic acids is 3.